The second kappa shape index (κ2) is 6.33. The van der Waals surface area contributed by atoms with E-state index in [2.05, 4.69) is 19.2 Å². The van der Waals surface area contributed by atoms with E-state index in [4.69, 9.17) is 22.7 Å². The van der Waals surface area contributed by atoms with E-state index in [-0.39, 0.29) is 0 Å². The molecule has 0 amide bonds. The fourth-order valence-corrected chi connectivity index (χ4v) is 1.23. The zero-order valence-corrected chi connectivity index (χ0v) is 10.5. The second-order valence-electron chi connectivity index (χ2n) is 4.07. The Bertz CT molecular complexity index is 335. The van der Waals surface area contributed by atoms with E-state index < -0.39 is 0 Å². The van der Waals surface area contributed by atoms with Gasteiger partial charge in [-0.3, -0.25) is 0 Å². The second-order valence-corrected chi connectivity index (χ2v) is 4.51. The molecular weight excluding hydrogens is 220 g/mol. The van der Waals surface area contributed by atoms with Gasteiger partial charge in [-0.05, 0) is 35.8 Å². The minimum absolute atomic E-state index is 0.320. The van der Waals surface area contributed by atoms with Crippen molar-refractivity contribution in [1.82, 2.24) is 5.32 Å². The molecule has 1 aromatic carbocycles. The molecule has 0 bridgehead atoms. The van der Waals surface area contributed by atoms with Crippen molar-refractivity contribution in [2.24, 2.45) is 11.7 Å². The quantitative estimate of drug-likeness (QED) is 0.771. The number of rotatable bonds is 5. The Morgan fingerprint density at radius 1 is 1.38 bits per heavy atom. The highest BCUT2D eigenvalue weighted by Gasteiger charge is 1.98. The van der Waals surface area contributed by atoms with Gasteiger partial charge in [0.25, 0.3) is 0 Å². The lowest BCUT2D eigenvalue weighted by molar-refractivity contribution is 0.271. The van der Waals surface area contributed by atoms with Crippen LogP contribution in [0.15, 0.2) is 24.3 Å². The number of nitrogens with one attached hydrogen (secondary N) is 1. The predicted molar refractivity (Wildman–Crippen MR) is 70.4 cm³/mol. The van der Waals surface area contributed by atoms with E-state index in [1.54, 1.807) is 0 Å². The standard InChI is InChI=1S/C12H18N2OS/c1-9(2)8-15-11-5-3-10(4-6-11)7-14-12(13)16/h3-6,9H,7-8H2,1-2H3,(H3,13,14,16). The Morgan fingerprint density at radius 3 is 2.50 bits per heavy atom. The first-order valence-corrected chi connectivity index (χ1v) is 5.74. The average Bonchev–Trinajstić information content (AvgIpc) is 2.25. The van der Waals surface area contributed by atoms with Crippen LogP contribution in [0.4, 0.5) is 0 Å². The van der Waals surface area contributed by atoms with E-state index in [0.29, 0.717) is 17.6 Å². The summed E-state index contributed by atoms with van der Waals surface area (Å²) in [4.78, 5) is 0. The van der Waals surface area contributed by atoms with E-state index in [1.807, 2.05) is 24.3 Å². The molecule has 0 heterocycles. The summed E-state index contributed by atoms with van der Waals surface area (Å²) >= 11 is 4.73. The van der Waals surface area contributed by atoms with Gasteiger partial charge < -0.3 is 15.8 Å². The molecule has 16 heavy (non-hydrogen) atoms. The summed E-state index contributed by atoms with van der Waals surface area (Å²) in [5.41, 5.74) is 6.48. The van der Waals surface area contributed by atoms with Gasteiger partial charge in [0.15, 0.2) is 5.11 Å². The molecule has 1 aromatic rings. The van der Waals surface area contributed by atoms with Crippen molar-refractivity contribution in [2.45, 2.75) is 20.4 Å². The number of hydrogen-bond acceptors (Lipinski definition) is 2. The largest absolute Gasteiger partial charge is 0.493 e. The molecule has 0 aliphatic carbocycles. The van der Waals surface area contributed by atoms with E-state index in [1.165, 1.54) is 0 Å². The molecule has 1 rings (SSSR count). The van der Waals surface area contributed by atoms with Crippen molar-refractivity contribution in [3.8, 4) is 5.75 Å². The van der Waals surface area contributed by atoms with Gasteiger partial charge in [-0.15, -0.1) is 0 Å². The lowest BCUT2D eigenvalue weighted by atomic mass is 10.2. The molecule has 0 unspecified atom stereocenters. The molecule has 0 spiro atoms. The summed E-state index contributed by atoms with van der Waals surface area (Å²) in [5.74, 6) is 1.43. The van der Waals surface area contributed by atoms with Gasteiger partial charge in [0, 0.05) is 6.54 Å². The highest BCUT2D eigenvalue weighted by atomic mass is 32.1. The molecule has 0 aliphatic heterocycles. The number of benzene rings is 1. The third-order valence-corrected chi connectivity index (χ3v) is 2.12. The number of thiocarbonyl (C=S) groups is 1. The topological polar surface area (TPSA) is 47.3 Å². The first kappa shape index (κ1) is 12.8. The van der Waals surface area contributed by atoms with Crippen molar-refractivity contribution in [3.05, 3.63) is 29.8 Å². The van der Waals surface area contributed by atoms with Crippen LogP contribution in [0.2, 0.25) is 0 Å². The van der Waals surface area contributed by atoms with E-state index >= 15 is 0 Å². The van der Waals surface area contributed by atoms with Gasteiger partial charge in [-0.25, -0.2) is 0 Å². The van der Waals surface area contributed by atoms with Crippen molar-refractivity contribution in [3.63, 3.8) is 0 Å². The lowest BCUT2D eigenvalue weighted by Gasteiger charge is -2.09. The fraction of sp³-hybridized carbons (Fsp3) is 0.417. The van der Waals surface area contributed by atoms with Crippen molar-refractivity contribution in [1.29, 1.82) is 0 Å². The molecule has 0 aromatic heterocycles. The first-order valence-electron chi connectivity index (χ1n) is 5.33. The van der Waals surface area contributed by atoms with E-state index in [9.17, 15) is 0 Å². The Labute approximate surface area is 102 Å². The van der Waals surface area contributed by atoms with Gasteiger partial charge in [-0.1, -0.05) is 26.0 Å². The van der Waals surface area contributed by atoms with Crippen LogP contribution in [0.1, 0.15) is 19.4 Å². The summed E-state index contributed by atoms with van der Waals surface area (Å²) in [6.07, 6.45) is 0. The Kier molecular flexibility index (Phi) is 5.05. The lowest BCUT2D eigenvalue weighted by Crippen LogP contribution is -2.28. The summed E-state index contributed by atoms with van der Waals surface area (Å²) in [7, 11) is 0. The minimum Gasteiger partial charge on any atom is -0.493 e. The van der Waals surface area contributed by atoms with Gasteiger partial charge >= 0.3 is 0 Å². The normalized spacial score (nSPS) is 10.2. The van der Waals surface area contributed by atoms with Crippen LogP contribution in [0.3, 0.4) is 0 Å². The molecule has 0 saturated heterocycles. The monoisotopic (exact) mass is 238 g/mol. The van der Waals surface area contributed by atoms with Gasteiger partial charge in [-0.2, -0.15) is 0 Å². The van der Waals surface area contributed by atoms with Gasteiger partial charge in [0.05, 0.1) is 6.61 Å². The molecule has 0 aliphatic rings. The Morgan fingerprint density at radius 2 is 2.00 bits per heavy atom. The number of hydrogen-bond donors (Lipinski definition) is 2. The minimum atomic E-state index is 0.320. The van der Waals surface area contributed by atoms with E-state index in [0.717, 1.165) is 17.9 Å². The third kappa shape index (κ3) is 4.98. The summed E-state index contributed by atoms with van der Waals surface area (Å²) < 4.78 is 5.58. The molecule has 0 saturated carbocycles. The molecule has 0 atom stereocenters. The zero-order chi connectivity index (χ0) is 12.0. The van der Waals surface area contributed by atoms with Gasteiger partial charge in [0.1, 0.15) is 5.75 Å². The predicted octanol–water partition coefficient (Wildman–Crippen LogP) is 2.05. The summed E-state index contributed by atoms with van der Waals surface area (Å²) in [6, 6.07) is 7.92. The summed E-state index contributed by atoms with van der Waals surface area (Å²) in [5, 5.41) is 3.22. The van der Waals surface area contributed by atoms with Gasteiger partial charge in [0.2, 0.25) is 0 Å². The number of ether oxygens (including phenoxy) is 1. The Hall–Kier alpha value is -1.29. The van der Waals surface area contributed by atoms with Crippen LogP contribution in [0.25, 0.3) is 0 Å². The van der Waals surface area contributed by atoms with Crippen LogP contribution >= 0.6 is 12.2 Å². The maximum Gasteiger partial charge on any atom is 0.163 e. The van der Waals surface area contributed by atoms with Crippen LogP contribution in [0.5, 0.6) is 5.75 Å². The zero-order valence-electron chi connectivity index (χ0n) is 9.69. The molecule has 88 valence electrons. The maximum atomic E-state index is 5.58. The molecule has 0 fully saturated rings. The molecule has 3 N–H and O–H groups in total. The first-order chi connectivity index (χ1) is 7.58. The van der Waals surface area contributed by atoms with Crippen LogP contribution in [-0.2, 0) is 6.54 Å². The Balaban J connectivity index is 2.44. The number of nitrogens with two attached hydrogens (primary N) is 1. The van der Waals surface area contributed by atoms with Crippen molar-refractivity contribution in [2.75, 3.05) is 6.61 Å². The molecule has 4 heteroatoms. The molecule has 0 radical (unpaired) electrons. The van der Waals surface area contributed by atoms with Crippen molar-refractivity contribution >= 4 is 17.3 Å². The van der Waals surface area contributed by atoms with Crippen molar-refractivity contribution < 1.29 is 4.74 Å². The SMILES string of the molecule is CC(C)COc1ccc(CNC(N)=S)cc1. The smallest absolute Gasteiger partial charge is 0.163 e. The highest BCUT2D eigenvalue weighted by molar-refractivity contribution is 7.80. The summed E-state index contributed by atoms with van der Waals surface area (Å²) in [6.45, 7) is 5.64. The molecular formula is C12H18N2OS. The fourth-order valence-electron chi connectivity index (χ4n) is 1.16. The maximum absolute atomic E-state index is 5.58. The average molecular weight is 238 g/mol. The highest BCUT2D eigenvalue weighted by Crippen LogP contribution is 2.13. The van der Waals surface area contributed by atoms with Crippen LogP contribution in [0, 0.1) is 5.92 Å². The van der Waals surface area contributed by atoms with Crippen LogP contribution < -0.4 is 15.8 Å². The molecule has 3 nitrogen and oxygen atoms in total. The van der Waals surface area contributed by atoms with Crippen LogP contribution in [-0.4, -0.2) is 11.7 Å². The third-order valence-electron chi connectivity index (χ3n) is 1.97.